The SMILES string of the molecule is COc1ccc([C@H](C(=O)NC2CCCCC2)N(CCC2=CCCCC2)C(=O)CCl)cc1OC. The summed E-state index contributed by atoms with van der Waals surface area (Å²) < 4.78 is 10.9. The summed E-state index contributed by atoms with van der Waals surface area (Å²) in [5, 5.41) is 3.22. The minimum absolute atomic E-state index is 0.142. The van der Waals surface area contributed by atoms with Gasteiger partial charge in [-0.3, -0.25) is 9.59 Å². The van der Waals surface area contributed by atoms with Crippen LogP contribution in [0.1, 0.15) is 75.8 Å². The molecule has 33 heavy (non-hydrogen) atoms. The van der Waals surface area contributed by atoms with Crippen LogP contribution in [0.5, 0.6) is 11.5 Å². The predicted molar refractivity (Wildman–Crippen MR) is 131 cm³/mol. The molecular weight excluding hydrogens is 440 g/mol. The van der Waals surface area contributed by atoms with Crippen molar-refractivity contribution in [3.63, 3.8) is 0 Å². The average molecular weight is 477 g/mol. The summed E-state index contributed by atoms with van der Waals surface area (Å²) in [7, 11) is 3.14. The van der Waals surface area contributed by atoms with Crippen LogP contribution in [0.25, 0.3) is 0 Å². The van der Waals surface area contributed by atoms with E-state index in [1.807, 2.05) is 6.07 Å². The fourth-order valence-electron chi connectivity index (χ4n) is 4.89. The molecule has 2 aliphatic carbocycles. The third-order valence-corrected chi connectivity index (χ3v) is 6.96. The molecule has 1 aromatic carbocycles. The van der Waals surface area contributed by atoms with Crippen LogP contribution in [-0.2, 0) is 9.59 Å². The van der Waals surface area contributed by atoms with Gasteiger partial charge in [-0.15, -0.1) is 11.6 Å². The van der Waals surface area contributed by atoms with Crippen molar-refractivity contribution in [2.24, 2.45) is 0 Å². The number of carbonyl (C=O) groups excluding carboxylic acids is 2. The molecule has 0 aliphatic heterocycles. The predicted octanol–water partition coefficient (Wildman–Crippen LogP) is 5.15. The smallest absolute Gasteiger partial charge is 0.247 e. The number of alkyl halides is 1. The van der Waals surface area contributed by atoms with Crippen molar-refractivity contribution in [2.45, 2.75) is 76.3 Å². The maximum atomic E-state index is 13.6. The van der Waals surface area contributed by atoms with E-state index in [0.717, 1.165) is 44.9 Å². The third-order valence-electron chi connectivity index (χ3n) is 6.73. The molecule has 1 atom stereocenters. The van der Waals surface area contributed by atoms with Gasteiger partial charge in [0.2, 0.25) is 11.8 Å². The number of rotatable bonds is 10. The molecule has 3 rings (SSSR count). The molecule has 0 bridgehead atoms. The van der Waals surface area contributed by atoms with Gasteiger partial charge < -0.3 is 19.7 Å². The summed E-state index contributed by atoms with van der Waals surface area (Å²) >= 11 is 6.02. The highest BCUT2D eigenvalue weighted by Gasteiger charge is 2.33. The second-order valence-electron chi connectivity index (χ2n) is 8.94. The van der Waals surface area contributed by atoms with Crippen LogP contribution < -0.4 is 14.8 Å². The fourth-order valence-corrected chi connectivity index (χ4v) is 5.05. The van der Waals surface area contributed by atoms with Gasteiger partial charge in [0, 0.05) is 12.6 Å². The van der Waals surface area contributed by atoms with E-state index in [1.54, 1.807) is 31.3 Å². The number of benzene rings is 1. The molecule has 1 saturated carbocycles. The zero-order chi connectivity index (χ0) is 23.6. The number of allylic oxidation sites excluding steroid dienone is 1. The zero-order valence-electron chi connectivity index (χ0n) is 19.9. The topological polar surface area (TPSA) is 67.9 Å². The lowest BCUT2D eigenvalue weighted by atomic mass is 9.94. The molecule has 1 fully saturated rings. The van der Waals surface area contributed by atoms with Crippen LogP contribution >= 0.6 is 11.6 Å². The van der Waals surface area contributed by atoms with Gasteiger partial charge >= 0.3 is 0 Å². The molecule has 7 heteroatoms. The highest BCUT2D eigenvalue weighted by Crippen LogP contribution is 2.33. The first-order valence-electron chi connectivity index (χ1n) is 12.1. The second kappa shape index (κ2) is 12.9. The Kier molecular flexibility index (Phi) is 9.92. The summed E-state index contributed by atoms with van der Waals surface area (Å²) in [6.45, 7) is 0.453. The summed E-state index contributed by atoms with van der Waals surface area (Å²) in [6, 6.07) is 4.77. The fraction of sp³-hybridized carbons (Fsp3) is 0.615. The van der Waals surface area contributed by atoms with Crippen molar-refractivity contribution >= 4 is 23.4 Å². The van der Waals surface area contributed by atoms with E-state index in [-0.39, 0.29) is 23.7 Å². The number of nitrogens with one attached hydrogen (secondary N) is 1. The number of halogens is 1. The van der Waals surface area contributed by atoms with E-state index in [1.165, 1.54) is 24.8 Å². The maximum Gasteiger partial charge on any atom is 0.247 e. The Morgan fingerprint density at radius 1 is 1.09 bits per heavy atom. The quantitative estimate of drug-likeness (QED) is 0.374. The molecule has 6 nitrogen and oxygen atoms in total. The van der Waals surface area contributed by atoms with E-state index >= 15 is 0 Å². The van der Waals surface area contributed by atoms with E-state index in [9.17, 15) is 9.59 Å². The van der Waals surface area contributed by atoms with Crippen molar-refractivity contribution in [3.8, 4) is 11.5 Å². The Bertz CT molecular complexity index is 836. The van der Waals surface area contributed by atoms with Gasteiger partial charge in [0.15, 0.2) is 11.5 Å². The van der Waals surface area contributed by atoms with Gasteiger partial charge in [-0.2, -0.15) is 0 Å². The molecule has 0 heterocycles. The van der Waals surface area contributed by atoms with Crippen LogP contribution in [0.4, 0.5) is 0 Å². The summed E-state index contributed by atoms with van der Waals surface area (Å²) in [5.74, 6) is 0.533. The largest absolute Gasteiger partial charge is 0.493 e. The first-order valence-corrected chi connectivity index (χ1v) is 12.7. The minimum atomic E-state index is -0.776. The maximum absolute atomic E-state index is 13.6. The molecular formula is C26H37ClN2O4. The zero-order valence-corrected chi connectivity index (χ0v) is 20.7. The van der Waals surface area contributed by atoms with E-state index in [0.29, 0.717) is 23.6 Å². The molecule has 1 aromatic rings. The van der Waals surface area contributed by atoms with Crippen molar-refractivity contribution < 1.29 is 19.1 Å². The number of carbonyl (C=O) groups is 2. The van der Waals surface area contributed by atoms with E-state index < -0.39 is 6.04 Å². The molecule has 0 unspecified atom stereocenters. The number of hydrogen-bond donors (Lipinski definition) is 1. The molecule has 0 saturated heterocycles. The standard InChI is InChI=1S/C26H37ClN2O4/c1-32-22-14-13-20(17-23(22)33-2)25(26(31)28-21-11-7-4-8-12-21)29(24(30)18-27)16-15-19-9-5-3-6-10-19/h9,13-14,17,21,25H,3-8,10-12,15-16,18H2,1-2H3,(H,28,31)/t25-/m1/s1. The normalized spacial score (nSPS) is 17.6. The molecule has 0 radical (unpaired) electrons. The van der Waals surface area contributed by atoms with Crippen LogP contribution in [0.3, 0.4) is 0 Å². The van der Waals surface area contributed by atoms with Crippen LogP contribution in [0, 0.1) is 0 Å². The Hall–Kier alpha value is -2.21. The molecule has 2 amide bonds. The highest BCUT2D eigenvalue weighted by atomic mass is 35.5. The van der Waals surface area contributed by atoms with Crippen molar-refractivity contribution in [2.75, 3.05) is 26.6 Å². The molecule has 182 valence electrons. The van der Waals surface area contributed by atoms with Crippen LogP contribution in [-0.4, -0.2) is 49.4 Å². The van der Waals surface area contributed by atoms with Crippen molar-refractivity contribution in [1.82, 2.24) is 10.2 Å². The number of amides is 2. The minimum Gasteiger partial charge on any atom is -0.493 e. The molecule has 2 aliphatic rings. The first-order chi connectivity index (χ1) is 16.1. The van der Waals surface area contributed by atoms with Crippen molar-refractivity contribution in [3.05, 3.63) is 35.4 Å². The highest BCUT2D eigenvalue weighted by molar-refractivity contribution is 6.27. The van der Waals surface area contributed by atoms with Crippen LogP contribution in [0.2, 0.25) is 0 Å². The van der Waals surface area contributed by atoms with Gasteiger partial charge in [-0.25, -0.2) is 0 Å². The molecule has 0 spiro atoms. The Morgan fingerprint density at radius 2 is 1.85 bits per heavy atom. The average Bonchev–Trinajstić information content (AvgIpc) is 2.86. The summed E-state index contributed by atoms with van der Waals surface area (Å²) in [4.78, 5) is 28.3. The van der Waals surface area contributed by atoms with Gasteiger partial charge in [-0.1, -0.05) is 37.0 Å². The third kappa shape index (κ3) is 6.89. The Labute approximate surface area is 202 Å². The summed E-state index contributed by atoms with van der Waals surface area (Å²) in [5.41, 5.74) is 2.05. The lowest BCUT2D eigenvalue weighted by Crippen LogP contribution is -2.47. The lowest BCUT2D eigenvalue weighted by molar-refractivity contribution is -0.139. The van der Waals surface area contributed by atoms with Gasteiger partial charge in [0.05, 0.1) is 14.2 Å². The van der Waals surface area contributed by atoms with Crippen LogP contribution in [0.15, 0.2) is 29.8 Å². The van der Waals surface area contributed by atoms with Gasteiger partial charge in [0.25, 0.3) is 0 Å². The Morgan fingerprint density at radius 3 is 2.48 bits per heavy atom. The lowest BCUT2D eigenvalue weighted by Gasteiger charge is -2.33. The number of ether oxygens (including phenoxy) is 2. The monoisotopic (exact) mass is 476 g/mol. The number of nitrogens with zero attached hydrogens (tertiary/aromatic N) is 1. The first kappa shape index (κ1) is 25.4. The van der Waals surface area contributed by atoms with Gasteiger partial charge in [0.1, 0.15) is 11.9 Å². The Balaban J connectivity index is 1.91. The number of methoxy groups -OCH3 is 2. The van der Waals surface area contributed by atoms with E-state index in [4.69, 9.17) is 21.1 Å². The molecule has 0 aromatic heterocycles. The van der Waals surface area contributed by atoms with Gasteiger partial charge in [-0.05, 0) is 62.6 Å². The number of hydrogen-bond acceptors (Lipinski definition) is 4. The molecule has 1 N–H and O–H groups in total. The van der Waals surface area contributed by atoms with Crippen molar-refractivity contribution in [1.29, 1.82) is 0 Å². The second-order valence-corrected chi connectivity index (χ2v) is 9.21. The summed E-state index contributed by atoms with van der Waals surface area (Å²) in [6.07, 6.45) is 12.9. The van der Waals surface area contributed by atoms with E-state index in [2.05, 4.69) is 11.4 Å².